The summed E-state index contributed by atoms with van der Waals surface area (Å²) in [6.45, 7) is 10.6. The molecule has 10 nitrogen and oxygen atoms in total. The zero-order chi connectivity index (χ0) is 31.0. The van der Waals surface area contributed by atoms with Crippen LogP contribution in [-0.2, 0) is 29.6 Å². The van der Waals surface area contributed by atoms with Crippen LogP contribution in [0.5, 0.6) is 0 Å². The van der Waals surface area contributed by atoms with Crippen molar-refractivity contribution in [3.8, 4) is 0 Å². The van der Waals surface area contributed by atoms with Gasteiger partial charge < -0.3 is 26.9 Å². The molecule has 0 bridgehead atoms. The molecule has 2 aromatic carbocycles. The number of hydrogen-bond donors (Lipinski definition) is 2. The highest BCUT2D eigenvalue weighted by Crippen LogP contribution is 2.48. The number of rotatable bonds is 16. The largest absolute Gasteiger partial charge is 0.691 e. The van der Waals surface area contributed by atoms with Crippen LogP contribution in [0.2, 0.25) is 0 Å². The monoisotopic (exact) mass is 629 g/mol. The highest BCUT2D eigenvalue weighted by molar-refractivity contribution is 7.94. The summed E-state index contributed by atoms with van der Waals surface area (Å²) in [5.74, 6) is 1.33. The maximum Gasteiger partial charge on any atom is 0.209 e. The first-order valence-electron chi connectivity index (χ1n) is 14.4. The van der Waals surface area contributed by atoms with Gasteiger partial charge in [-0.3, -0.25) is 10.1 Å². The van der Waals surface area contributed by atoms with Crippen LogP contribution in [0.25, 0.3) is 0 Å². The van der Waals surface area contributed by atoms with E-state index in [-0.39, 0.29) is 10.8 Å². The second kappa shape index (κ2) is 15.0. The SMILES string of the molecule is CC1(C)C(/C=C/C=C2/N(CCCCSOO[O-])c3ccc(N)cc3C2(C)C)=[N+](CCCCSOO[O-])c2ccc(N)cc21. The van der Waals surface area contributed by atoms with E-state index in [0.717, 1.165) is 85.6 Å². The van der Waals surface area contributed by atoms with Crippen LogP contribution in [0.3, 0.4) is 0 Å². The van der Waals surface area contributed by atoms with Crippen molar-refractivity contribution in [1.82, 2.24) is 0 Å². The van der Waals surface area contributed by atoms with Gasteiger partial charge in [0.2, 0.25) is 5.69 Å². The Balaban J connectivity index is 1.62. The van der Waals surface area contributed by atoms with E-state index in [1.807, 2.05) is 12.1 Å². The lowest BCUT2D eigenvalue weighted by atomic mass is 9.81. The van der Waals surface area contributed by atoms with Crippen LogP contribution in [-0.4, -0.2) is 34.9 Å². The maximum atomic E-state index is 10.1. The lowest BCUT2D eigenvalue weighted by Gasteiger charge is -2.27. The molecule has 2 aliphatic heterocycles. The van der Waals surface area contributed by atoms with Crippen LogP contribution < -0.4 is 26.9 Å². The van der Waals surface area contributed by atoms with Gasteiger partial charge in [-0.25, -0.2) is 0 Å². The molecule has 0 aliphatic carbocycles. The molecule has 2 aliphatic rings. The number of nitrogens with zero attached hydrogens (tertiary/aromatic N) is 2. The normalized spacial score (nSPS) is 17.8. The number of hydrogen-bond acceptors (Lipinski definition) is 11. The van der Waals surface area contributed by atoms with Crippen molar-refractivity contribution in [1.29, 1.82) is 0 Å². The van der Waals surface area contributed by atoms with Gasteiger partial charge >= 0.3 is 0 Å². The molecule has 0 saturated carbocycles. The number of allylic oxidation sites excluding steroid dienone is 4. The predicted molar refractivity (Wildman–Crippen MR) is 170 cm³/mol. The van der Waals surface area contributed by atoms with Crippen LogP contribution in [0, 0.1) is 0 Å². The zero-order valence-electron chi connectivity index (χ0n) is 25.2. The van der Waals surface area contributed by atoms with E-state index in [4.69, 9.17) is 11.5 Å². The summed E-state index contributed by atoms with van der Waals surface area (Å²) in [5, 5.41) is 27.0. The molecule has 12 heteroatoms. The molecule has 0 radical (unpaired) electrons. The molecule has 234 valence electrons. The molecule has 0 unspecified atom stereocenters. The van der Waals surface area contributed by atoms with E-state index in [0.29, 0.717) is 11.5 Å². The molecular weight excluding hydrogens is 588 g/mol. The van der Waals surface area contributed by atoms with Gasteiger partial charge in [0, 0.05) is 94.4 Å². The third kappa shape index (κ3) is 7.58. The molecule has 4 rings (SSSR count). The van der Waals surface area contributed by atoms with Crippen LogP contribution in [0.1, 0.15) is 64.5 Å². The zero-order valence-corrected chi connectivity index (χ0v) is 26.8. The van der Waals surface area contributed by atoms with Crippen molar-refractivity contribution in [2.45, 2.75) is 64.2 Å². The molecule has 43 heavy (non-hydrogen) atoms. The molecule has 0 saturated heterocycles. The summed E-state index contributed by atoms with van der Waals surface area (Å²) in [5.41, 5.74) is 20.5. The van der Waals surface area contributed by atoms with Crippen molar-refractivity contribution in [2.75, 3.05) is 41.0 Å². The number of nitrogens with two attached hydrogens (primary N) is 2. The van der Waals surface area contributed by atoms with Crippen molar-refractivity contribution < 1.29 is 33.8 Å². The number of anilines is 3. The Kier molecular flexibility index (Phi) is 11.6. The Morgan fingerprint density at radius 1 is 0.837 bits per heavy atom. The molecule has 2 heterocycles. The summed E-state index contributed by atoms with van der Waals surface area (Å²) in [4.78, 5) is 2.37. The van der Waals surface area contributed by atoms with E-state index in [1.165, 1.54) is 22.5 Å². The third-order valence-corrected chi connectivity index (χ3v) is 9.42. The first-order chi connectivity index (χ1) is 20.6. The fourth-order valence-corrected chi connectivity index (χ4v) is 6.93. The van der Waals surface area contributed by atoms with E-state index >= 15 is 0 Å². The van der Waals surface area contributed by atoms with Crippen molar-refractivity contribution in [2.24, 2.45) is 0 Å². The average molecular weight is 630 g/mol. The third-order valence-electron chi connectivity index (χ3n) is 8.21. The second-order valence-electron chi connectivity index (χ2n) is 11.7. The van der Waals surface area contributed by atoms with Gasteiger partial charge in [-0.15, -0.1) is 0 Å². The van der Waals surface area contributed by atoms with Crippen LogP contribution >= 0.6 is 24.1 Å². The summed E-state index contributed by atoms with van der Waals surface area (Å²) < 4.78 is 11.2. The standard InChI is InChI=1S/C31H42N4O6S2/c1-30(2)24-20-22(32)12-14-26(24)34(16-5-7-18-42-40-38-36)28(30)10-9-11-29-31(3,4)25-21-23(33)13-15-27(25)35(29)17-6-8-19-43-41-39-37/h9-15,20-21H,5-8,16-19,32-33H2,1-4H3,(H-,36,37)/p-1. The van der Waals surface area contributed by atoms with Crippen molar-refractivity contribution in [3.63, 3.8) is 0 Å². The first kappa shape index (κ1) is 33.3. The van der Waals surface area contributed by atoms with Gasteiger partial charge in [-0.2, -0.15) is 13.2 Å². The predicted octanol–water partition coefficient (Wildman–Crippen LogP) is 4.77. The molecule has 0 fully saturated rings. The first-order valence-corrected chi connectivity index (χ1v) is 16.2. The Morgan fingerprint density at radius 3 is 2.14 bits per heavy atom. The highest BCUT2D eigenvalue weighted by Gasteiger charge is 2.44. The van der Waals surface area contributed by atoms with Gasteiger partial charge in [0.05, 0.1) is 5.41 Å². The average Bonchev–Trinajstić information content (AvgIpc) is 3.30. The molecule has 0 spiro atoms. The lowest BCUT2D eigenvalue weighted by Crippen LogP contribution is -2.28. The quantitative estimate of drug-likeness (QED) is 0.0662. The maximum absolute atomic E-state index is 10.1. The fraction of sp³-hybridized carbons (Fsp3) is 0.452. The molecule has 2 aromatic rings. The second-order valence-corrected chi connectivity index (χ2v) is 13.3. The van der Waals surface area contributed by atoms with Crippen molar-refractivity contribution >= 4 is 52.5 Å². The van der Waals surface area contributed by atoms with Gasteiger partial charge in [-0.1, -0.05) is 19.9 Å². The van der Waals surface area contributed by atoms with Gasteiger partial charge in [0.25, 0.3) is 0 Å². The number of benzene rings is 2. The molecular formula is C31H41N4O6S2-. The minimum Gasteiger partial charge on any atom is -0.691 e. The van der Waals surface area contributed by atoms with Gasteiger partial charge in [0.1, 0.15) is 6.54 Å². The molecule has 0 aromatic heterocycles. The topological polar surface area (TPSA) is 141 Å². The summed E-state index contributed by atoms with van der Waals surface area (Å²) in [7, 11) is 0. The van der Waals surface area contributed by atoms with Crippen LogP contribution in [0.4, 0.5) is 22.7 Å². The Bertz CT molecular complexity index is 1360. The fourth-order valence-electron chi connectivity index (χ4n) is 6.07. The summed E-state index contributed by atoms with van der Waals surface area (Å²) >= 11 is 2.04. The Hall–Kier alpha value is -2.55. The van der Waals surface area contributed by atoms with Crippen molar-refractivity contribution in [3.05, 3.63) is 71.5 Å². The van der Waals surface area contributed by atoms with E-state index in [9.17, 15) is 10.5 Å². The van der Waals surface area contributed by atoms with E-state index in [1.54, 1.807) is 0 Å². The molecule has 0 amide bonds. The summed E-state index contributed by atoms with van der Waals surface area (Å²) in [6, 6.07) is 12.3. The van der Waals surface area contributed by atoms with E-state index in [2.05, 4.69) is 98.4 Å². The highest BCUT2D eigenvalue weighted by atomic mass is 32.2. The Morgan fingerprint density at radius 2 is 1.47 bits per heavy atom. The number of fused-ring (bicyclic) bond motifs is 2. The number of nitrogen functional groups attached to an aromatic ring is 2. The minimum atomic E-state index is -0.246. The molecule has 4 N–H and O–H groups in total. The van der Waals surface area contributed by atoms with Gasteiger partial charge in [-0.05, 0) is 75.1 Å². The minimum absolute atomic E-state index is 0.246. The summed E-state index contributed by atoms with van der Waals surface area (Å²) in [6.07, 6.45) is 10.2. The van der Waals surface area contributed by atoms with E-state index < -0.39 is 0 Å². The Labute approximate surface area is 262 Å². The van der Waals surface area contributed by atoms with Crippen LogP contribution in [0.15, 0.2) is 60.3 Å². The van der Waals surface area contributed by atoms with Gasteiger partial charge in [0.15, 0.2) is 5.71 Å². The molecule has 0 atom stereocenters. The smallest absolute Gasteiger partial charge is 0.209 e. The lowest BCUT2D eigenvalue weighted by molar-refractivity contribution is -0.777. The number of unbranched alkanes of at least 4 members (excludes halogenated alkanes) is 2.